The summed E-state index contributed by atoms with van der Waals surface area (Å²) < 4.78 is 5.27. The Bertz CT molecular complexity index is 1220. The second kappa shape index (κ2) is 8.03. The Morgan fingerprint density at radius 1 is 1.19 bits per heavy atom. The van der Waals surface area contributed by atoms with Gasteiger partial charge in [0.15, 0.2) is 11.5 Å². The van der Waals surface area contributed by atoms with E-state index in [9.17, 15) is 14.7 Å². The highest BCUT2D eigenvalue weighted by molar-refractivity contribution is 6.16. The number of nitrogens with zero attached hydrogens (tertiary/aromatic N) is 3. The van der Waals surface area contributed by atoms with Crippen LogP contribution >= 0.6 is 0 Å². The topological polar surface area (TPSA) is 98.8 Å². The van der Waals surface area contributed by atoms with E-state index < -0.39 is 17.7 Å². The van der Waals surface area contributed by atoms with Crippen molar-refractivity contribution >= 4 is 34.4 Å². The molecule has 0 fully saturated rings. The highest BCUT2D eigenvalue weighted by atomic mass is 16.5. The molecule has 4 rings (SSSR count). The number of ketones is 1. The lowest BCUT2D eigenvalue weighted by atomic mass is 9.91. The van der Waals surface area contributed by atoms with Crippen LogP contribution in [0.2, 0.25) is 0 Å². The van der Waals surface area contributed by atoms with Gasteiger partial charge in [-0.1, -0.05) is 26.0 Å². The van der Waals surface area contributed by atoms with Crippen LogP contribution < -0.4 is 14.5 Å². The molecule has 1 aliphatic heterocycles. The lowest BCUT2D eigenvalue weighted by molar-refractivity contribution is -0.119. The van der Waals surface area contributed by atoms with Crippen molar-refractivity contribution < 1.29 is 19.4 Å². The van der Waals surface area contributed by atoms with Gasteiger partial charge in [-0.2, -0.15) is 0 Å². The number of aromatic amines is 1. The number of hydrogen-bond acceptors (Lipinski definition) is 6. The monoisotopic (exact) mass is 434 g/mol. The van der Waals surface area contributed by atoms with Gasteiger partial charge in [0, 0.05) is 31.8 Å². The summed E-state index contributed by atoms with van der Waals surface area (Å²) in [4.78, 5) is 37.2. The molecule has 2 heterocycles. The van der Waals surface area contributed by atoms with Crippen LogP contribution in [0.4, 0.5) is 11.6 Å². The van der Waals surface area contributed by atoms with Gasteiger partial charge < -0.3 is 19.7 Å². The summed E-state index contributed by atoms with van der Waals surface area (Å²) in [7, 11) is 5.44. The van der Waals surface area contributed by atoms with Gasteiger partial charge >= 0.3 is 0 Å². The third-order valence-corrected chi connectivity index (χ3v) is 5.63. The molecule has 1 unspecified atom stereocenters. The first-order chi connectivity index (χ1) is 15.2. The van der Waals surface area contributed by atoms with Gasteiger partial charge in [0.1, 0.15) is 5.75 Å². The van der Waals surface area contributed by atoms with Crippen LogP contribution in [0.1, 0.15) is 25.5 Å². The van der Waals surface area contributed by atoms with Crippen LogP contribution in [-0.4, -0.2) is 48.0 Å². The number of aliphatic hydroxyl groups excluding tert-OH is 1. The van der Waals surface area contributed by atoms with Crippen molar-refractivity contribution in [1.29, 1.82) is 0 Å². The Kier molecular flexibility index (Phi) is 5.38. The number of H-pyrrole nitrogens is 1. The Labute approximate surface area is 186 Å². The first kappa shape index (κ1) is 21.4. The fourth-order valence-corrected chi connectivity index (χ4v) is 3.87. The van der Waals surface area contributed by atoms with E-state index in [1.165, 1.54) is 4.90 Å². The van der Waals surface area contributed by atoms with Crippen LogP contribution in [0, 0.1) is 5.92 Å². The van der Waals surface area contributed by atoms with Crippen molar-refractivity contribution in [3.63, 3.8) is 0 Å². The number of anilines is 2. The second-order valence-electron chi connectivity index (χ2n) is 8.29. The number of imidazole rings is 1. The molecule has 0 saturated heterocycles. The number of ether oxygens (including phenoxy) is 1. The van der Waals surface area contributed by atoms with Crippen molar-refractivity contribution in [2.45, 2.75) is 19.9 Å². The van der Waals surface area contributed by atoms with Crippen LogP contribution in [0.3, 0.4) is 0 Å². The molecule has 2 N–H and O–H groups in total. The minimum atomic E-state index is -0.795. The van der Waals surface area contributed by atoms with Gasteiger partial charge in [-0.15, -0.1) is 0 Å². The van der Waals surface area contributed by atoms with E-state index >= 15 is 0 Å². The van der Waals surface area contributed by atoms with E-state index in [2.05, 4.69) is 9.97 Å². The van der Waals surface area contributed by atoms with Crippen molar-refractivity contribution in [2.24, 2.45) is 5.92 Å². The summed E-state index contributed by atoms with van der Waals surface area (Å²) in [6, 6.07) is 12.1. The zero-order valence-electron chi connectivity index (χ0n) is 18.7. The number of methoxy groups -OCH3 is 1. The summed E-state index contributed by atoms with van der Waals surface area (Å²) in [6.45, 7) is 3.49. The summed E-state index contributed by atoms with van der Waals surface area (Å²) in [5, 5.41) is 10.7. The molecule has 0 bridgehead atoms. The maximum absolute atomic E-state index is 13.2. The average Bonchev–Trinajstić information content (AvgIpc) is 3.31. The fourth-order valence-electron chi connectivity index (χ4n) is 3.87. The lowest BCUT2D eigenvalue weighted by Crippen LogP contribution is -2.32. The lowest BCUT2D eigenvalue weighted by Gasteiger charge is -2.25. The molecule has 32 heavy (non-hydrogen) atoms. The van der Waals surface area contributed by atoms with E-state index in [1.807, 2.05) is 43.3 Å². The molecule has 0 saturated carbocycles. The Balaban J connectivity index is 1.86. The largest absolute Gasteiger partial charge is 0.503 e. The van der Waals surface area contributed by atoms with Gasteiger partial charge in [-0.05, 0) is 29.8 Å². The molecular formula is C24H26N4O4. The van der Waals surface area contributed by atoms with Crippen LogP contribution in [-0.2, 0) is 9.59 Å². The Hall–Kier alpha value is -3.81. The Morgan fingerprint density at radius 2 is 1.88 bits per heavy atom. The highest BCUT2D eigenvalue weighted by Crippen LogP contribution is 2.41. The minimum Gasteiger partial charge on any atom is -0.503 e. The third-order valence-electron chi connectivity index (χ3n) is 5.63. The molecule has 1 aliphatic rings. The van der Waals surface area contributed by atoms with Crippen molar-refractivity contribution in [3.8, 4) is 5.75 Å². The van der Waals surface area contributed by atoms with Gasteiger partial charge in [0.2, 0.25) is 5.95 Å². The van der Waals surface area contributed by atoms with Crippen molar-refractivity contribution in [1.82, 2.24) is 9.97 Å². The van der Waals surface area contributed by atoms with Gasteiger partial charge in [-0.25, -0.2) is 4.98 Å². The number of nitrogens with one attached hydrogen (secondary N) is 1. The minimum absolute atomic E-state index is 0.0839. The maximum Gasteiger partial charge on any atom is 0.296 e. The number of Topliss-reactive ketones (excluding diaryl/α,β-unsaturated/α-hetero) is 1. The maximum atomic E-state index is 13.2. The predicted molar refractivity (Wildman–Crippen MR) is 123 cm³/mol. The fraction of sp³-hybridized carbons (Fsp3) is 0.292. The molecule has 8 heteroatoms. The number of amides is 1. The number of hydrogen-bond donors (Lipinski definition) is 2. The molecule has 3 aromatic rings. The predicted octanol–water partition coefficient (Wildman–Crippen LogP) is 3.76. The summed E-state index contributed by atoms with van der Waals surface area (Å²) in [5.41, 5.74) is 3.08. The van der Waals surface area contributed by atoms with E-state index in [0.717, 1.165) is 5.69 Å². The summed E-state index contributed by atoms with van der Waals surface area (Å²) in [5.74, 6) is -0.975. The standard InChI is InChI=1S/C24H26N4O4/c1-13(2)21(29)19-20(14-6-8-15(9-7-14)27(3)4)28(23(31)22(19)30)24-25-17-11-10-16(32-5)12-18(17)26-24/h6-13,20,30H,1-5H3,(H,25,26). The van der Waals surface area contributed by atoms with E-state index in [0.29, 0.717) is 22.3 Å². The molecular weight excluding hydrogens is 408 g/mol. The quantitative estimate of drug-likeness (QED) is 0.613. The smallest absolute Gasteiger partial charge is 0.296 e. The summed E-state index contributed by atoms with van der Waals surface area (Å²) in [6.07, 6.45) is 0. The van der Waals surface area contributed by atoms with E-state index in [4.69, 9.17) is 4.74 Å². The third kappa shape index (κ3) is 3.47. The molecule has 0 spiro atoms. The number of aromatic nitrogens is 2. The number of fused-ring (bicyclic) bond motifs is 1. The van der Waals surface area contributed by atoms with E-state index in [-0.39, 0.29) is 23.2 Å². The molecule has 0 radical (unpaired) electrons. The van der Waals surface area contributed by atoms with Gasteiger partial charge in [-0.3, -0.25) is 14.5 Å². The molecule has 1 aromatic heterocycles. The zero-order valence-corrected chi connectivity index (χ0v) is 18.7. The van der Waals surface area contributed by atoms with Crippen LogP contribution in [0.5, 0.6) is 5.75 Å². The molecule has 1 amide bonds. The average molecular weight is 434 g/mol. The molecule has 8 nitrogen and oxygen atoms in total. The highest BCUT2D eigenvalue weighted by Gasteiger charge is 2.46. The first-order valence-corrected chi connectivity index (χ1v) is 10.3. The number of aliphatic hydroxyl groups is 1. The van der Waals surface area contributed by atoms with Gasteiger partial charge in [0.25, 0.3) is 5.91 Å². The number of carbonyl (C=O) groups is 2. The first-order valence-electron chi connectivity index (χ1n) is 10.3. The number of benzene rings is 2. The zero-order chi connectivity index (χ0) is 23.2. The summed E-state index contributed by atoms with van der Waals surface area (Å²) >= 11 is 0. The normalized spacial score (nSPS) is 16.4. The van der Waals surface area contributed by atoms with Crippen LogP contribution in [0.15, 0.2) is 53.8 Å². The van der Waals surface area contributed by atoms with Crippen molar-refractivity contribution in [2.75, 3.05) is 31.0 Å². The Morgan fingerprint density at radius 3 is 2.47 bits per heavy atom. The number of carbonyl (C=O) groups excluding carboxylic acids is 2. The van der Waals surface area contributed by atoms with Crippen molar-refractivity contribution in [3.05, 3.63) is 59.4 Å². The van der Waals surface area contributed by atoms with Gasteiger partial charge in [0.05, 0.1) is 29.8 Å². The van der Waals surface area contributed by atoms with Crippen LogP contribution in [0.25, 0.3) is 11.0 Å². The second-order valence-corrected chi connectivity index (χ2v) is 8.29. The molecule has 2 aromatic carbocycles. The molecule has 1 atom stereocenters. The number of rotatable bonds is 6. The SMILES string of the molecule is COc1ccc2nc(N3C(=O)C(O)=C(C(=O)C(C)C)C3c3ccc(N(C)C)cc3)[nH]c2c1. The van der Waals surface area contributed by atoms with E-state index in [1.54, 1.807) is 39.2 Å². The molecule has 0 aliphatic carbocycles. The molecule has 166 valence electrons.